The summed E-state index contributed by atoms with van der Waals surface area (Å²) in [5.41, 5.74) is 1.30. The standard InChI is InChI=1S/C17H31N3O/c1-5-7-18-11-16-10-17(21-15(16)3)13-20-9-6-8-19(4)12-14(20)2/h10,14,18H,5-9,11-13H2,1-4H3. The zero-order valence-electron chi connectivity index (χ0n) is 14.1. The fourth-order valence-electron chi connectivity index (χ4n) is 3.10. The first-order valence-corrected chi connectivity index (χ1v) is 8.31. The highest BCUT2D eigenvalue weighted by molar-refractivity contribution is 5.20. The molecule has 2 rings (SSSR count). The van der Waals surface area contributed by atoms with Crippen molar-refractivity contribution in [3.63, 3.8) is 0 Å². The third-order valence-electron chi connectivity index (χ3n) is 4.36. The summed E-state index contributed by atoms with van der Waals surface area (Å²) in [7, 11) is 2.22. The number of nitrogens with zero attached hydrogens (tertiary/aromatic N) is 2. The molecule has 1 fully saturated rings. The van der Waals surface area contributed by atoms with Gasteiger partial charge in [-0.3, -0.25) is 4.90 Å². The summed E-state index contributed by atoms with van der Waals surface area (Å²) in [5, 5.41) is 3.45. The summed E-state index contributed by atoms with van der Waals surface area (Å²) in [6.45, 7) is 13.0. The van der Waals surface area contributed by atoms with Gasteiger partial charge in [0.25, 0.3) is 0 Å². The predicted octanol–water partition coefficient (Wildman–Crippen LogP) is 2.61. The van der Waals surface area contributed by atoms with Gasteiger partial charge < -0.3 is 14.6 Å². The second-order valence-corrected chi connectivity index (χ2v) is 6.41. The fraction of sp³-hybridized carbons (Fsp3) is 0.765. The summed E-state index contributed by atoms with van der Waals surface area (Å²) in [6, 6.07) is 2.82. The fourth-order valence-corrected chi connectivity index (χ4v) is 3.10. The summed E-state index contributed by atoms with van der Waals surface area (Å²) in [5.74, 6) is 2.17. The van der Waals surface area contributed by atoms with Crippen molar-refractivity contribution >= 4 is 0 Å². The molecule has 1 saturated heterocycles. The Kier molecular flexibility index (Phi) is 6.27. The van der Waals surface area contributed by atoms with Crippen LogP contribution in [0.1, 0.15) is 43.8 Å². The minimum atomic E-state index is 0.588. The third-order valence-corrected chi connectivity index (χ3v) is 4.36. The molecule has 1 unspecified atom stereocenters. The van der Waals surface area contributed by atoms with Crippen LogP contribution in [0, 0.1) is 6.92 Å². The van der Waals surface area contributed by atoms with Crippen molar-refractivity contribution in [2.75, 3.05) is 33.2 Å². The first kappa shape index (κ1) is 16.5. The van der Waals surface area contributed by atoms with Crippen molar-refractivity contribution in [2.24, 2.45) is 0 Å². The van der Waals surface area contributed by atoms with E-state index in [9.17, 15) is 0 Å². The summed E-state index contributed by atoms with van der Waals surface area (Å²) < 4.78 is 5.97. The summed E-state index contributed by atoms with van der Waals surface area (Å²) >= 11 is 0. The molecule has 0 amide bonds. The normalized spacial score (nSPS) is 21.6. The molecule has 21 heavy (non-hydrogen) atoms. The average Bonchev–Trinajstić information content (AvgIpc) is 2.69. The first-order chi connectivity index (χ1) is 10.1. The summed E-state index contributed by atoms with van der Waals surface area (Å²) in [4.78, 5) is 4.98. The molecule has 0 aliphatic carbocycles. The maximum atomic E-state index is 5.97. The smallest absolute Gasteiger partial charge is 0.118 e. The zero-order valence-corrected chi connectivity index (χ0v) is 14.1. The number of furan rings is 1. The van der Waals surface area contributed by atoms with Crippen LogP contribution in [0.3, 0.4) is 0 Å². The lowest BCUT2D eigenvalue weighted by atomic mass is 10.2. The Balaban J connectivity index is 1.94. The maximum Gasteiger partial charge on any atom is 0.118 e. The van der Waals surface area contributed by atoms with Crippen molar-refractivity contribution in [2.45, 2.75) is 52.7 Å². The van der Waals surface area contributed by atoms with Crippen LogP contribution in [-0.4, -0.2) is 49.1 Å². The van der Waals surface area contributed by atoms with Crippen LogP contribution in [0.2, 0.25) is 0 Å². The highest BCUT2D eigenvalue weighted by Crippen LogP contribution is 2.19. The van der Waals surface area contributed by atoms with E-state index in [1.807, 2.05) is 0 Å². The topological polar surface area (TPSA) is 31.6 Å². The maximum absolute atomic E-state index is 5.97. The molecule has 0 spiro atoms. The lowest BCUT2D eigenvalue weighted by Gasteiger charge is -2.26. The number of likely N-dealkylation sites (N-methyl/N-ethyl adjacent to an activating group) is 1. The number of nitrogens with one attached hydrogen (secondary N) is 1. The molecule has 0 aromatic carbocycles. The van der Waals surface area contributed by atoms with Gasteiger partial charge in [0.1, 0.15) is 11.5 Å². The van der Waals surface area contributed by atoms with Gasteiger partial charge in [-0.15, -0.1) is 0 Å². The molecule has 1 aliphatic heterocycles. The van der Waals surface area contributed by atoms with Crippen LogP contribution < -0.4 is 5.32 Å². The molecular weight excluding hydrogens is 262 g/mol. The van der Waals surface area contributed by atoms with Crippen LogP contribution in [0.25, 0.3) is 0 Å². The Labute approximate surface area is 129 Å². The molecule has 0 saturated carbocycles. The minimum Gasteiger partial charge on any atom is -0.465 e. The Bertz CT molecular complexity index is 430. The van der Waals surface area contributed by atoms with E-state index < -0.39 is 0 Å². The third kappa shape index (κ3) is 4.83. The lowest BCUT2D eigenvalue weighted by Crippen LogP contribution is -2.37. The van der Waals surface area contributed by atoms with E-state index in [1.165, 1.54) is 24.9 Å². The van der Waals surface area contributed by atoms with Crippen molar-refractivity contribution in [3.8, 4) is 0 Å². The van der Waals surface area contributed by atoms with Crippen molar-refractivity contribution in [1.82, 2.24) is 15.1 Å². The lowest BCUT2D eigenvalue weighted by molar-refractivity contribution is 0.181. The van der Waals surface area contributed by atoms with Gasteiger partial charge in [-0.2, -0.15) is 0 Å². The molecule has 120 valence electrons. The SMILES string of the molecule is CCCNCc1cc(CN2CCCN(C)CC2C)oc1C. The van der Waals surface area contributed by atoms with Gasteiger partial charge in [0, 0.05) is 31.2 Å². The molecule has 4 heteroatoms. The molecule has 0 bridgehead atoms. The Morgan fingerprint density at radius 3 is 2.95 bits per heavy atom. The second kappa shape index (κ2) is 7.97. The van der Waals surface area contributed by atoms with Gasteiger partial charge >= 0.3 is 0 Å². The Morgan fingerprint density at radius 2 is 2.19 bits per heavy atom. The minimum absolute atomic E-state index is 0.588. The van der Waals surface area contributed by atoms with E-state index in [2.05, 4.69) is 49.0 Å². The first-order valence-electron chi connectivity index (χ1n) is 8.31. The molecule has 1 atom stereocenters. The highest BCUT2D eigenvalue weighted by Gasteiger charge is 2.21. The van der Waals surface area contributed by atoms with Gasteiger partial charge in [0.2, 0.25) is 0 Å². The Morgan fingerprint density at radius 1 is 1.38 bits per heavy atom. The van der Waals surface area contributed by atoms with Gasteiger partial charge in [0.05, 0.1) is 6.54 Å². The Hall–Kier alpha value is -0.840. The summed E-state index contributed by atoms with van der Waals surface area (Å²) in [6.07, 6.45) is 2.41. The van der Waals surface area contributed by atoms with E-state index in [4.69, 9.17) is 4.42 Å². The van der Waals surface area contributed by atoms with Crippen molar-refractivity contribution < 1.29 is 4.42 Å². The quantitative estimate of drug-likeness (QED) is 0.817. The van der Waals surface area contributed by atoms with Gasteiger partial charge in [-0.05, 0) is 52.9 Å². The zero-order chi connectivity index (χ0) is 15.2. The molecule has 2 heterocycles. The van der Waals surface area contributed by atoms with E-state index in [1.54, 1.807) is 0 Å². The van der Waals surface area contributed by atoms with Crippen LogP contribution in [0.4, 0.5) is 0 Å². The molecular formula is C17H31N3O. The molecule has 1 aliphatic rings. The molecule has 1 N–H and O–H groups in total. The monoisotopic (exact) mass is 293 g/mol. The molecule has 4 nitrogen and oxygen atoms in total. The predicted molar refractivity (Wildman–Crippen MR) is 87.4 cm³/mol. The van der Waals surface area contributed by atoms with Crippen LogP contribution in [0.15, 0.2) is 10.5 Å². The second-order valence-electron chi connectivity index (χ2n) is 6.41. The van der Waals surface area contributed by atoms with E-state index in [0.717, 1.165) is 44.2 Å². The number of hydrogen-bond acceptors (Lipinski definition) is 4. The van der Waals surface area contributed by atoms with Crippen LogP contribution in [-0.2, 0) is 13.1 Å². The van der Waals surface area contributed by atoms with Crippen molar-refractivity contribution in [1.29, 1.82) is 0 Å². The van der Waals surface area contributed by atoms with Gasteiger partial charge in [-0.25, -0.2) is 0 Å². The van der Waals surface area contributed by atoms with Crippen LogP contribution in [0.5, 0.6) is 0 Å². The van der Waals surface area contributed by atoms with Gasteiger partial charge in [-0.1, -0.05) is 6.92 Å². The van der Waals surface area contributed by atoms with Crippen LogP contribution >= 0.6 is 0 Å². The van der Waals surface area contributed by atoms with E-state index >= 15 is 0 Å². The average molecular weight is 293 g/mol. The number of rotatable bonds is 6. The largest absolute Gasteiger partial charge is 0.465 e. The molecule has 1 aromatic heterocycles. The van der Waals surface area contributed by atoms with E-state index in [0.29, 0.717) is 6.04 Å². The number of aryl methyl sites for hydroxylation is 1. The van der Waals surface area contributed by atoms with Gasteiger partial charge in [0.15, 0.2) is 0 Å². The number of hydrogen-bond donors (Lipinski definition) is 1. The van der Waals surface area contributed by atoms with E-state index in [-0.39, 0.29) is 0 Å². The molecule has 0 radical (unpaired) electrons. The highest BCUT2D eigenvalue weighted by atomic mass is 16.3. The van der Waals surface area contributed by atoms with Crippen molar-refractivity contribution in [3.05, 3.63) is 23.2 Å². The molecule has 1 aromatic rings.